The van der Waals surface area contributed by atoms with Gasteiger partial charge in [0, 0.05) is 5.56 Å². The van der Waals surface area contributed by atoms with E-state index >= 15 is 0 Å². The quantitative estimate of drug-likeness (QED) is 0.487. The lowest BCUT2D eigenvalue weighted by atomic mass is 10.1. The maximum absolute atomic E-state index is 13.8. The van der Waals surface area contributed by atoms with Crippen molar-refractivity contribution in [3.63, 3.8) is 0 Å². The van der Waals surface area contributed by atoms with Crippen LogP contribution in [-0.2, 0) is 16.2 Å². The van der Waals surface area contributed by atoms with Crippen LogP contribution >= 0.6 is 0 Å². The number of amides is 2. The van der Waals surface area contributed by atoms with Gasteiger partial charge in [-0.1, -0.05) is 42.5 Å². The van der Waals surface area contributed by atoms with Gasteiger partial charge in [0.05, 0.1) is 12.8 Å². The number of carbonyl (C=O) groups excluding carboxylic acids is 2. The lowest BCUT2D eigenvalue weighted by Crippen LogP contribution is -2.35. The maximum atomic E-state index is 13.8. The van der Waals surface area contributed by atoms with E-state index < -0.39 is 11.8 Å². The number of hydrazine groups is 1. The van der Waals surface area contributed by atoms with Gasteiger partial charge in [-0.2, -0.15) is 0 Å². The molecule has 1 saturated heterocycles. The zero-order chi connectivity index (χ0) is 21.8. The Hall–Kier alpha value is -4.13. The van der Waals surface area contributed by atoms with E-state index in [9.17, 15) is 14.0 Å². The second kappa shape index (κ2) is 8.71. The topological polar surface area (TPSA) is 67.9 Å². The molecule has 1 heterocycles. The smallest absolute Gasteiger partial charge is 0.282 e. The molecule has 156 valence electrons. The average molecular weight is 418 g/mol. The van der Waals surface area contributed by atoms with Gasteiger partial charge in [-0.3, -0.25) is 15.0 Å². The van der Waals surface area contributed by atoms with Crippen LogP contribution in [0, 0.1) is 5.82 Å². The molecule has 0 aliphatic carbocycles. The molecular formula is C24H19FN2O4. The van der Waals surface area contributed by atoms with E-state index in [4.69, 9.17) is 9.47 Å². The van der Waals surface area contributed by atoms with Gasteiger partial charge in [0.25, 0.3) is 11.8 Å². The van der Waals surface area contributed by atoms with Crippen LogP contribution < -0.4 is 19.9 Å². The molecule has 0 atom stereocenters. The van der Waals surface area contributed by atoms with Gasteiger partial charge < -0.3 is 9.47 Å². The standard InChI is InChI=1S/C24H19FN2O4/c1-30-22-14-16(11-12-21(22)31-15-17-7-5-6-10-20(17)25)13-19-23(28)26-27(24(19)29)18-8-3-2-4-9-18/h2-14H,15H2,1H3,(H,26,28)/b19-13+. The third kappa shape index (κ3) is 4.25. The number of benzene rings is 3. The van der Waals surface area contributed by atoms with Gasteiger partial charge in [-0.15, -0.1) is 0 Å². The lowest BCUT2D eigenvalue weighted by molar-refractivity contribution is -0.117. The van der Waals surface area contributed by atoms with Crippen LogP contribution in [0.1, 0.15) is 11.1 Å². The zero-order valence-electron chi connectivity index (χ0n) is 16.7. The fourth-order valence-electron chi connectivity index (χ4n) is 3.15. The largest absolute Gasteiger partial charge is 0.493 e. The molecule has 0 spiro atoms. The van der Waals surface area contributed by atoms with Crippen molar-refractivity contribution in [2.24, 2.45) is 0 Å². The average Bonchev–Trinajstić information content (AvgIpc) is 3.08. The maximum Gasteiger partial charge on any atom is 0.282 e. The summed E-state index contributed by atoms with van der Waals surface area (Å²) in [5.74, 6) is -0.475. The van der Waals surface area contributed by atoms with Crippen molar-refractivity contribution in [1.82, 2.24) is 5.43 Å². The molecule has 0 unspecified atom stereocenters. The predicted molar refractivity (Wildman–Crippen MR) is 114 cm³/mol. The molecule has 1 aliphatic heterocycles. The highest BCUT2D eigenvalue weighted by atomic mass is 19.1. The Morgan fingerprint density at radius 2 is 1.71 bits per heavy atom. The van der Waals surface area contributed by atoms with Crippen molar-refractivity contribution in [3.05, 3.63) is 95.3 Å². The predicted octanol–water partition coefficient (Wildman–Crippen LogP) is 3.87. The van der Waals surface area contributed by atoms with Crippen LogP contribution in [0.25, 0.3) is 6.08 Å². The number of hydrogen-bond acceptors (Lipinski definition) is 4. The third-order valence-electron chi connectivity index (χ3n) is 4.75. The second-order valence-electron chi connectivity index (χ2n) is 6.77. The summed E-state index contributed by atoms with van der Waals surface area (Å²) < 4.78 is 24.9. The SMILES string of the molecule is COc1cc(/C=C2\C(=O)NN(c3ccccc3)C2=O)ccc1OCc1ccccc1F. The molecule has 0 saturated carbocycles. The lowest BCUT2D eigenvalue weighted by Gasteiger charge is -2.14. The molecule has 4 rings (SSSR count). The summed E-state index contributed by atoms with van der Waals surface area (Å²) >= 11 is 0. The summed E-state index contributed by atoms with van der Waals surface area (Å²) in [5.41, 5.74) is 4.14. The Bertz CT molecular complexity index is 1160. The van der Waals surface area contributed by atoms with E-state index in [0.29, 0.717) is 28.3 Å². The van der Waals surface area contributed by atoms with Gasteiger partial charge in [0.15, 0.2) is 11.5 Å². The van der Waals surface area contributed by atoms with Crippen molar-refractivity contribution in [3.8, 4) is 11.5 Å². The van der Waals surface area contributed by atoms with Crippen LogP contribution in [0.5, 0.6) is 11.5 Å². The molecule has 0 bridgehead atoms. The van der Waals surface area contributed by atoms with Gasteiger partial charge in [-0.05, 0) is 42.0 Å². The number of carbonyl (C=O) groups is 2. The molecule has 6 nitrogen and oxygen atoms in total. The molecule has 1 fully saturated rings. The van der Waals surface area contributed by atoms with Gasteiger partial charge >= 0.3 is 0 Å². The third-order valence-corrected chi connectivity index (χ3v) is 4.75. The van der Waals surface area contributed by atoms with Crippen molar-refractivity contribution < 1.29 is 23.5 Å². The Kier molecular flexibility index (Phi) is 5.66. The van der Waals surface area contributed by atoms with Crippen molar-refractivity contribution in [2.75, 3.05) is 12.1 Å². The summed E-state index contributed by atoms with van der Waals surface area (Å²) in [7, 11) is 1.48. The summed E-state index contributed by atoms with van der Waals surface area (Å²) in [6.45, 7) is 0.0381. The molecule has 2 amide bonds. The first-order chi connectivity index (χ1) is 15.1. The number of hydrogen-bond donors (Lipinski definition) is 1. The summed E-state index contributed by atoms with van der Waals surface area (Å²) in [5, 5.41) is 1.21. The van der Waals surface area contributed by atoms with E-state index in [2.05, 4.69) is 5.43 Å². The number of anilines is 1. The first-order valence-electron chi connectivity index (χ1n) is 9.53. The van der Waals surface area contributed by atoms with E-state index in [1.807, 2.05) is 6.07 Å². The molecular weight excluding hydrogens is 399 g/mol. The fraction of sp³-hybridized carbons (Fsp3) is 0.0833. The van der Waals surface area contributed by atoms with E-state index in [1.54, 1.807) is 60.7 Å². The highest BCUT2D eigenvalue weighted by Crippen LogP contribution is 2.30. The molecule has 3 aromatic carbocycles. The highest BCUT2D eigenvalue weighted by Gasteiger charge is 2.34. The fourth-order valence-corrected chi connectivity index (χ4v) is 3.15. The summed E-state index contributed by atoms with van der Waals surface area (Å²) in [6.07, 6.45) is 1.49. The first-order valence-corrected chi connectivity index (χ1v) is 9.53. The van der Waals surface area contributed by atoms with Crippen molar-refractivity contribution in [1.29, 1.82) is 0 Å². The Morgan fingerprint density at radius 1 is 0.968 bits per heavy atom. The normalized spacial score (nSPS) is 14.6. The monoisotopic (exact) mass is 418 g/mol. The van der Waals surface area contributed by atoms with Crippen LogP contribution in [0.2, 0.25) is 0 Å². The van der Waals surface area contributed by atoms with E-state index in [-0.39, 0.29) is 18.0 Å². The van der Waals surface area contributed by atoms with Crippen LogP contribution in [-0.4, -0.2) is 18.9 Å². The van der Waals surface area contributed by atoms with Crippen LogP contribution in [0.3, 0.4) is 0 Å². The molecule has 1 aliphatic rings. The Balaban J connectivity index is 1.55. The first kappa shape index (κ1) is 20.2. The number of ether oxygens (including phenoxy) is 2. The summed E-state index contributed by atoms with van der Waals surface area (Å²) in [6, 6.07) is 20.2. The Morgan fingerprint density at radius 3 is 2.45 bits per heavy atom. The van der Waals surface area contributed by atoms with Crippen molar-refractivity contribution >= 4 is 23.6 Å². The highest BCUT2D eigenvalue weighted by molar-refractivity contribution is 6.31. The number of rotatable bonds is 6. The number of halogens is 1. The number of para-hydroxylation sites is 1. The number of methoxy groups -OCH3 is 1. The number of nitrogens with one attached hydrogen (secondary N) is 1. The molecule has 7 heteroatoms. The van der Waals surface area contributed by atoms with Crippen LogP contribution in [0.15, 0.2) is 78.4 Å². The molecule has 31 heavy (non-hydrogen) atoms. The molecule has 3 aromatic rings. The van der Waals surface area contributed by atoms with Gasteiger partial charge in [-0.25, -0.2) is 9.40 Å². The van der Waals surface area contributed by atoms with Crippen LogP contribution in [0.4, 0.5) is 10.1 Å². The zero-order valence-corrected chi connectivity index (χ0v) is 16.7. The Labute approximate surface area is 178 Å². The van der Waals surface area contributed by atoms with Crippen molar-refractivity contribution in [2.45, 2.75) is 6.61 Å². The van der Waals surface area contributed by atoms with Gasteiger partial charge in [0.1, 0.15) is 18.0 Å². The molecule has 1 N–H and O–H groups in total. The van der Waals surface area contributed by atoms with Gasteiger partial charge in [0.2, 0.25) is 0 Å². The number of nitrogens with zero attached hydrogens (tertiary/aromatic N) is 1. The minimum absolute atomic E-state index is 0.00549. The minimum Gasteiger partial charge on any atom is -0.493 e. The summed E-state index contributed by atoms with van der Waals surface area (Å²) in [4.78, 5) is 25.1. The van der Waals surface area contributed by atoms with E-state index in [0.717, 1.165) is 0 Å². The minimum atomic E-state index is -0.493. The van der Waals surface area contributed by atoms with E-state index in [1.165, 1.54) is 24.3 Å². The molecule has 0 aromatic heterocycles. The second-order valence-corrected chi connectivity index (χ2v) is 6.77. The molecule has 0 radical (unpaired) electrons.